The zero-order chi connectivity index (χ0) is 8.81. The van der Waals surface area contributed by atoms with Gasteiger partial charge in [-0.1, -0.05) is 0 Å². The number of aromatic nitrogens is 4. The molecule has 12 heavy (non-hydrogen) atoms. The Balaban J connectivity index is 2.15. The molecule has 0 fully saturated rings. The standard InChI is InChI=1S/C5H9N5O2/c6-3-5(11)12-2-1-10-4-7-8-9-10/h4H,1-3,6H2. The van der Waals surface area contributed by atoms with Crippen LogP contribution in [0.25, 0.3) is 0 Å². The van der Waals surface area contributed by atoms with Crippen molar-refractivity contribution in [3.63, 3.8) is 0 Å². The number of carbonyl (C=O) groups is 1. The first-order valence-electron chi connectivity index (χ1n) is 3.39. The Kier molecular flexibility index (Phi) is 3.15. The van der Waals surface area contributed by atoms with Crippen LogP contribution < -0.4 is 5.73 Å². The lowest BCUT2D eigenvalue weighted by atomic mass is 10.6. The number of tetrazole rings is 1. The van der Waals surface area contributed by atoms with Gasteiger partial charge in [-0.25, -0.2) is 4.68 Å². The molecule has 0 aliphatic carbocycles. The maximum atomic E-state index is 10.5. The van der Waals surface area contributed by atoms with Crippen molar-refractivity contribution in [2.75, 3.05) is 13.2 Å². The fourth-order valence-corrected chi connectivity index (χ4v) is 0.595. The second-order valence-corrected chi connectivity index (χ2v) is 2.00. The van der Waals surface area contributed by atoms with Crippen molar-refractivity contribution in [2.24, 2.45) is 5.73 Å². The van der Waals surface area contributed by atoms with Gasteiger partial charge < -0.3 is 10.5 Å². The topological polar surface area (TPSA) is 95.9 Å². The van der Waals surface area contributed by atoms with Crippen LogP contribution in [-0.4, -0.2) is 39.3 Å². The molecular weight excluding hydrogens is 162 g/mol. The van der Waals surface area contributed by atoms with Gasteiger partial charge in [0, 0.05) is 0 Å². The molecule has 0 atom stereocenters. The second kappa shape index (κ2) is 4.39. The van der Waals surface area contributed by atoms with E-state index in [2.05, 4.69) is 20.3 Å². The molecule has 0 aliphatic heterocycles. The third kappa shape index (κ3) is 2.62. The number of hydrogen-bond acceptors (Lipinski definition) is 6. The fraction of sp³-hybridized carbons (Fsp3) is 0.600. The molecule has 0 saturated heterocycles. The average molecular weight is 171 g/mol. The zero-order valence-electron chi connectivity index (χ0n) is 6.38. The maximum absolute atomic E-state index is 10.5. The summed E-state index contributed by atoms with van der Waals surface area (Å²) in [6.07, 6.45) is 1.44. The summed E-state index contributed by atoms with van der Waals surface area (Å²) in [7, 11) is 0. The van der Waals surface area contributed by atoms with Crippen LogP contribution in [0.5, 0.6) is 0 Å². The number of carbonyl (C=O) groups excluding carboxylic acids is 1. The van der Waals surface area contributed by atoms with Crippen molar-refractivity contribution in [3.05, 3.63) is 6.33 Å². The highest BCUT2D eigenvalue weighted by Gasteiger charge is 1.98. The van der Waals surface area contributed by atoms with Crippen LogP contribution in [0, 0.1) is 0 Å². The zero-order valence-corrected chi connectivity index (χ0v) is 6.38. The van der Waals surface area contributed by atoms with Crippen LogP contribution in [-0.2, 0) is 16.1 Å². The van der Waals surface area contributed by atoms with E-state index < -0.39 is 5.97 Å². The SMILES string of the molecule is NCC(=O)OCCn1cnnn1. The molecule has 0 aliphatic rings. The first kappa shape index (κ1) is 8.60. The van der Waals surface area contributed by atoms with E-state index in [4.69, 9.17) is 5.73 Å². The van der Waals surface area contributed by atoms with Crippen LogP contribution in [0.1, 0.15) is 0 Å². The highest BCUT2D eigenvalue weighted by Crippen LogP contribution is 1.80. The quantitative estimate of drug-likeness (QED) is 0.535. The molecule has 0 unspecified atom stereocenters. The van der Waals surface area contributed by atoms with Crippen LogP contribution in [0.4, 0.5) is 0 Å². The second-order valence-electron chi connectivity index (χ2n) is 2.00. The summed E-state index contributed by atoms with van der Waals surface area (Å²) in [6.45, 7) is 0.579. The highest BCUT2D eigenvalue weighted by atomic mass is 16.5. The van der Waals surface area contributed by atoms with Gasteiger partial charge in [0.1, 0.15) is 12.9 Å². The van der Waals surface area contributed by atoms with Crippen LogP contribution in [0.15, 0.2) is 6.33 Å². The lowest BCUT2D eigenvalue weighted by Gasteiger charge is -2.00. The molecule has 1 aromatic heterocycles. The van der Waals surface area contributed by atoms with Crippen LogP contribution in [0.2, 0.25) is 0 Å². The lowest BCUT2D eigenvalue weighted by molar-refractivity contribution is -0.142. The lowest BCUT2D eigenvalue weighted by Crippen LogP contribution is -2.19. The Bertz CT molecular complexity index is 234. The molecule has 0 saturated carbocycles. The van der Waals surface area contributed by atoms with Gasteiger partial charge in [-0.15, -0.1) is 5.10 Å². The van der Waals surface area contributed by atoms with Crippen molar-refractivity contribution in [3.8, 4) is 0 Å². The summed E-state index contributed by atoms with van der Waals surface area (Å²) in [6, 6.07) is 0. The first-order valence-corrected chi connectivity index (χ1v) is 3.39. The minimum Gasteiger partial charge on any atom is -0.463 e. The summed E-state index contributed by atoms with van der Waals surface area (Å²) in [5.41, 5.74) is 5.01. The molecular formula is C5H9N5O2. The van der Waals surface area contributed by atoms with Crippen molar-refractivity contribution in [1.82, 2.24) is 20.2 Å². The highest BCUT2D eigenvalue weighted by molar-refractivity contribution is 5.71. The summed E-state index contributed by atoms with van der Waals surface area (Å²) < 4.78 is 6.15. The van der Waals surface area contributed by atoms with Crippen molar-refractivity contribution < 1.29 is 9.53 Å². The van der Waals surface area contributed by atoms with Gasteiger partial charge in [-0.05, 0) is 10.4 Å². The molecule has 0 spiro atoms. The Hall–Kier alpha value is -1.50. The molecule has 0 aromatic carbocycles. The summed E-state index contributed by atoms with van der Waals surface area (Å²) in [4.78, 5) is 10.5. The molecule has 0 radical (unpaired) electrons. The van der Waals surface area contributed by atoms with E-state index in [0.29, 0.717) is 6.54 Å². The van der Waals surface area contributed by atoms with E-state index in [9.17, 15) is 4.79 Å². The Morgan fingerprint density at radius 1 is 1.67 bits per heavy atom. The Morgan fingerprint density at radius 3 is 3.08 bits per heavy atom. The Labute approximate surface area is 68.5 Å². The minimum atomic E-state index is -0.428. The van der Waals surface area contributed by atoms with E-state index in [1.54, 1.807) is 0 Å². The molecule has 0 amide bonds. The Morgan fingerprint density at radius 2 is 2.50 bits per heavy atom. The number of nitrogens with two attached hydrogens (primary N) is 1. The summed E-state index contributed by atoms with van der Waals surface area (Å²) >= 11 is 0. The van der Waals surface area contributed by atoms with E-state index in [1.807, 2.05) is 0 Å². The molecule has 7 heteroatoms. The predicted octanol–water partition coefficient (Wildman–Crippen LogP) is -1.82. The largest absolute Gasteiger partial charge is 0.463 e. The maximum Gasteiger partial charge on any atom is 0.319 e. The van der Waals surface area contributed by atoms with E-state index in [-0.39, 0.29) is 13.2 Å². The third-order valence-electron chi connectivity index (χ3n) is 1.14. The summed E-state index contributed by atoms with van der Waals surface area (Å²) in [5, 5.41) is 10.4. The molecule has 1 aromatic rings. The van der Waals surface area contributed by atoms with Gasteiger partial charge in [-0.2, -0.15) is 0 Å². The monoisotopic (exact) mass is 171 g/mol. The van der Waals surface area contributed by atoms with Gasteiger partial charge in [0.05, 0.1) is 13.1 Å². The van der Waals surface area contributed by atoms with Gasteiger partial charge in [0.2, 0.25) is 0 Å². The minimum absolute atomic E-state index is 0.102. The number of rotatable bonds is 4. The normalized spacial score (nSPS) is 9.75. The van der Waals surface area contributed by atoms with Gasteiger partial charge in [0.15, 0.2) is 0 Å². The van der Waals surface area contributed by atoms with Crippen LogP contribution >= 0.6 is 0 Å². The van der Waals surface area contributed by atoms with Gasteiger partial charge >= 0.3 is 5.97 Å². The predicted molar refractivity (Wildman–Crippen MR) is 37.8 cm³/mol. The molecule has 1 heterocycles. The van der Waals surface area contributed by atoms with E-state index in [1.165, 1.54) is 11.0 Å². The molecule has 2 N–H and O–H groups in total. The fourth-order valence-electron chi connectivity index (χ4n) is 0.595. The number of esters is 1. The van der Waals surface area contributed by atoms with E-state index >= 15 is 0 Å². The number of ether oxygens (including phenoxy) is 1. The van der Waals surface area contributed by atoms with Gasteiger partial charge in [0.25, 0.3) is 0 Å². The smallest absolute Gasteiger partial charge is 0.319 e. The number of nitrogens with zero attached hydrogens (tertiary/aromatic N) is 4. The van der Waals surface area contributed by atoms with Crippen molar-refractivity contribution in [1.29, 1.82) is 0 Å². The molecule has 66 valence electrons. The molecule has 1 rings (SSSR count). The van der Waals surface area contributed by atoms with Crippen molar-refractivity contribution in [2.45, 2.75) is 6.54 Å². The average Bonchev–Trinajstić information content (AvgIpc) is 2.57. The van der Waals surface area contributed by atoms with Crippen LogP contribution in [0.3, 0.4) is 0 Å². The molecule has 7 nitrogen and oxygen atoms in total. The third-order valence-corrected chi connectivity index (χ3v) is 1.14. The number of hydrogen-bond donors (Lipinski definition) is 1. The van der Waals surface area contributed by atoms with E-state index in [0.717, 1.165) is 0 Å². The summed E-state index contributed by atoms with van der Waals surface area (Å²) in [5.74, 6) is -0.428. The van der Waals surface area contributed by atoms with Gasteiger partial charge in [-0.3, -0.25) is 4.79 Å². The first-order chi connectivity index (χ1) is 5.83. The van der Waals surface area contributed by atoms with Crippen molar-refractivity contribution >= 4 is 5.97 Å². The molecule has 0 bridgehead atoms.